The third-order valence-electron chi connectivity index (χ3n) is 2.95. The van der Waals surface area contributed by atoms with Gasteiger partial charge in [-0.3, -0.25) is 0 Å². The molecule has 0 amide bonds. The molecule has 0 unspecified atom stereocenters. The molecule has 0 saturated carbocycles. The highest BCUT2D eigenvalue weighted by Crippen LogP contribution is 2.40. The summed E-state index contributed by atoms with van der Waals surface area (Å²) in [6.45, 7) is 1.47. The molecule has 0 bridgehead atoms. The lowest BCUT2D eigenvalue weighted by Gasteiger charge is -2.18. The molecule has 1 aliphatic heterocycles. The summed E-state index contributed by atoms with van der Waals surface area (Å²) in [5, 5.41) is 2.75. The second-order valence-electron chi connectivity index (χ2n) is 4.14. The summed E-state index contributed by atoms with van der Waals surface area (Å²) in [6.07, 6.45) is 2.04. The summed E-state index contributed by atoms with van der Waals surface area (Å²) < 4.78 is 11.5. The van der Waals surface area contributed by atoms with E-state index in [2.05, 4.69) is 0 Å². The fourth-order valence-corrected chi connectivity index (χ4v) is 2.36. The van der Waals surface area contributed by atoms with Crippen molar-refractivity contribution in [2.75, 3.05) is 13.2 Å². The van der Waals surface area contributed by atoms with E-state index in [0.29, 0.717) is 5.02 Å². The van der Waals surface area contributed by atoms with E-state index < -0.39 is 0 Å². The molecule has 2 aromatic carbocycles. The Balaban J connectivity index is 2.24. The number of ether oxygens (including phenoxy) is 2. The summed E-state index contributed by atoms with van der Waals surface area (Å²) in [7, 11) is 0. The molecule has 0 radical (unpaired) electrons. The van der Waals surface area contributed by atoms with Gasteiger partial charge in [0.15, 0.2) is 11.5 Å². The third-order valence-corrected chi connectivity index (χ3v) is 3.27. The van der Waals surface area contributed by atoms with Crippen molar-refractivity contribution in [2.24, 2.45) is 0 Å². The monoisotopic (exact) mass is 248 g/mol. The lowest BCUT2D eigenvalue weighted by molar-refractivity contribution is 0.226. The SMILES string of the molecule is Clc1cc2c(c3ccccc13)OCCCCO2. The minimum absolute atomic E-state index is 0.712. The van der Waals surface area contributed by atoms with Gasteiger partial charge in [-0.1, -0.05) is 35.9 Å². The second kappa shape index (κ2) is 4.46. The maximum absolute atomic E-state index is 6.25. The molecular weight excluding hydrogens is 236 g/mol. The molecule has 0 atom stereocenters. The van der Waals surface area contributed by atoms with Gasteiger partial charge in [0.25, 0.3) is 0 Å². The number of hydrogen-bond donors (Lipinski definition) is 0. The predicted molar refractivity (Wildman–Crippen MR) is 69.2 cm³/mol. The van der Waals surface area contributed by atoms with Crippen molar-refractivity contribution in [2.45, 2.75) is 12.8 Å². The van der Waals surface area contributed by atoms with Crippen molar-refractivity contribution in [3.05, 3.63) is 35.4 Å². The van der Waals surface area contributed by atoms with Gasteiger partial charge in [0.1, 0.15) is 0 Å². The molecule has 0 saturated heterocycles. The summed E-state index contributed by atoms with van der Waals surface area (Å²) in [6, 6.07) is 9.83. The Kier molecular flexibility index (Phi) is 2.81. The Labute approximate surface area is 105 Å². The van der Waals surface area contributed by atoms with E-state index in [-0.39, 0.29) is 0 Å². The standard InChI is InChI=1S/C14H13ClO2/c15-12-9-13-14(17-8-4-3-7-16-13)11-6-2-1-5-10(11)12/h1-2,5-6,9H,3-4,7-8H2. The van der Waals surface area contributed by atoms with E-state index in [1.807, 2.05) is 30.3 Å². The van der Waals surface area contributed by atoms with E-state index in [1.54, 1.807) is 0 Å². The van der Waals surface area contributed by atoms with Crippen LogP contribution in [-0.4, -0.2) is 13.2 Å². The van der Waals surface area contributed by atoms with Crippen LogP contribution in [0, 0.1) is 0 Å². The average molecular weight is 249 g/mol. The van der Waals surface area contributed by atoms with Gasteiger partial charge in [-0.15, -0.1) is 0 Å². The van der Waals surface area contributed by atoms with Crippen LogP contribution in [0.2, 0.25) is 5.02 Å². The third kappa shape index (κ3) is 1.93. The first-order chi connectivity index (χ1) is 8.36. The molecule has 2 aromatic rings. The van der Waals surface area contributed by atoms with Gasteiger partial charge < -0.3 is 9.47 Å². The quantitative estimate of drug-likeness (QED) is 0.700. The van der Waals surface area contributed by atoms with Crippen LogP contribution >= 0.6 is 11.6 Å². The zero-order chi connectivity index (χ0) is 11.7. The first-order valence-electron chi connectivity index (χ1n) is 5.83. The summed E-state index contributed by atoms with van der Waals surface area (Å²) >= 11 is 6.25. The Morgan fingerprint density at radius 3 is 2.47 bits per heavy atom. The van der Waals surface area contributed by atoms with Crippen molar-refractivity contribution < 1.29 is 9.47 Å². The van der Waals surface area contributed by atoms with Crippen molar-refractivity contribution in [3.8, 4) is 11.5 Å². The molecule has 88 valence electrons. The number of hydrogen-bond acceptors (Lipinski definition) is 2. The molecule has 0 fully saturated rings. The highest BCUT2D eigenvalue weighted by Gasteiger charge is 2.15. The molecule has 0 spiro atoms. The molecule has 1 aliphatic rings. The number of rotatable bonds is 0. The van der Waals surface area contributed by atoms with Gasteiger partial charge in [-0.25, -0.2) is 0 Å². The summed E-state index contributed by atoms with van der Waals surface area (Å²) in [5.74, 6) is 1.58. The highest BCUT2D eigenvalue weighted by molar-refractivity contribution is 6.36. The predicted octanol–water partition coefficient (Wildman–Crippen LogP) is 4.04. The lowest BCUT2D eigenvalue weighted by atomic mass is 10.1. The van der Waals surface area contributed by atoms with Crippen LogP contribution in [0.4, 0.5) is 0 Å². The fourth-order valence-electron chi connectivity index (χ4n) is 2.10. The maximum Gasteiger partial charge on any atom is 0.169 e. The van der Waals surface area contributed by atoms with E-state index in [9.17, 15) is 0 Å². The van der Waals surface area contributed by atoms with Crippen LogP contribution < -0.4 is 9.47 Å². The van der Waals surface area contributed by atoms with Crippen molar-refractivity contribution >= 4 is 22.4 Å². The molecule has 1 heterocycles. The van der Waals surface area contributed by atoms with Crippen LogP contribution in [-0.2, 0) is 0 Å². The summed E-state index contributed by atoms with van der Waals surface area (Å²) in [5.41, 5.74) is 0. The molecule has 0 aromatic heterocycles. The molecule has 0 aliphatic carbocycles. The van der Waals surface area contributed by atoms with Gasteiger partial charge in [-0.2, -0.15) is 0 Å². The molecule has 0 N–H and O–H groups in total. The van der Waals surface area contributed by atoms with Crippen molar-refractivity contribution in [1.29, 1.82) is 0 Å². The van der Waals surface area contributed by atoms with Crippen LogP contribution in [0.15, 0.2) is 30.3 Å². The average Bonchev–Trinajstić information content (AvgIpc) is 2.32. The maximum atomic E-state index is 6.25. The second-order valence-corrected chi connectivity index (χ2v) is 4.54. The topological polar surface area (TPSA) is 18.5 Å². The van der Waals surface area contributed by atoms with Gasteiger partial charge in [0, 0.05) is 16.8 Å². The zero-order valence-corrected chi connectivity index (χ0v) is 10.2. The molecule has 3 heteroatoms. The minimum Gasteiger partial charge on any atom is -0.490 e. The van der Waals surface area contributed by atoms with Gasteiger partial charge in [-0.05, 0) is 12.8 Å². The first kappa shape index (κ1) is 10.7. The van der Waals surface area contributed by atoms with Crippen LogP contribution in [0.5, 0.6) is 11.5 Å². The smallest absolute Gasteiger partial charge is 0.169 e. The van der Waals surface area contributed by atoms with E-state index in [1.165, 1.54) is 0 Å². The minimum atomic E-state index is 0.712. The van der Waals surface area contributed by atoms with E-state index >= 15 is 0 Å². The molecule has 2 nitrogen and oxygen atoms in total. The highest BCUT2D eigenvalue weighted by atomic mass is 35.5. The van der Waals surface area contributed by atoms with E-state index in [4.69, 9.17) is 21.1 Å². The van der Waals surface area contributed by atoms with Gasteiger partial charge in [0.2, 0.25) is 0 Å². The van der Waals surface area contributed by atoms with Crippen molar-refractivity contribution in [1.82, 2.24) is 0 Å². The molecular formula is C14H13ClO2. The summed E-state index contributed by atoms with van der Waals surface area (Å²) in [4.78, 5) is 0. The van der Waals surface area contributed by atoms with Crippen molar-refractivity contribution in [3.63, 3.8) is 0 Å². The normalized spacial score (nSPS) is 15.4. The van der Waals surface area contributed by atoms with Gasteiger partial charge >= 0.3 is 0 Å². The van der Waals surface area contributed by atoms with Crippen LogP contribution in [0.1, 0.15) is 12.8 Å². The van der Waals surface area contributed by atoms with Crippen LogP contribution in [0.3, 0.4) is 0 Å². The number of fused-ring (bicyclic) bond motifs is 3. The molecule has 3 rings (SSSR count). The van der Waals surface area contributed by atoms with E-state index in [0.717, 1.165) is 48.3 Å². The number of halogens is 1. The first-order valence-corrected chi connectivity index (χ1v) is 6.21. The Morgan fingerprint density at radius 2 is 1.65 bits per heavy atom. The Bertz CT molecular complexity index is 551. The molecule has 17 heavy (non-hydrogen) atoms. The number of benzene rings is 2. The Morgan fingerprint density at radius 1 is 0.941 bits per heavy atom. The lowest BCUT2D eigenvalue weighted by Crippen LogP contribution is -2.08. The van der Waals surface area contributed by atoms with Crippen LogP contribution in [0.25, 0.3) is 10.8 Å². The largest absolute Gasteiger partial charge is 0.490 e. The fraction of sp³-hybridized carbons (Fsp3) is 0.286. The zero-order valence-electron chi connectivity index (χ0n) is 9.41. The Hall–Kier alpha value is -1.41. The van der Waals surface area contributed by atoms with Gasteiger partial charge in [0.05, 0.1) is 18.2 Å².